The van der Waals surface area contributed by atoms with Crippen LogP contribution < -0.4 is 15.2 Å². The second-order valence-corrected chi connectivity index (χ2v) is 3.69. The lowest BCUT2D eigenvalue weighted by Crippen LogP contribution is -2.23. The Kier molecular flexibility index (Phi) is 4.65. The SMILES string of the molecule is COc1cc(CN)c([N+](=O)[O-])cc1OC(C)C(=O)O. The van der Waals surface area contributed by atoms with E-state index in [1.807, 2.05) is 0 Å². The average molecular weight is 270 g/mol. The van der Waals surface area contributed by atoms with E-state index in [0.29, 0.717) is 0 Å². The molecule has 3 N–H and O–H groups in total. The number of benzene rings is 1. The summed E-state index contributed by atoms with van der Waals surface area (Å²) in [4.78, 5) is 21.0. The first-order valence-corrected chi connectivity index (χ1v) is 5.35. The molecule has 0 fully saturated rings. The van der Waals surface area contributed by atoms with Gasteiger partial charge in [-0.25, -0.2) is 4.79 Å². The van der Waals surface area contributed by atoms with E-state index >= 15 is 0 Å². The van der Waals surface area contributed by atoms with Gasteiger partial charge in [0.15, 0.2) is 17.6 Å². The van der Waals surface area contributed by atoms with Gasteiger partial charge >= 0.3 is 5.97 Å². The number of nitrogens with zero attached hydrogens (tertiary/aromatic N) is 1. The normalized spacial score (nSPS) is 11.7. The van der Waals surface area contributed by atoms with Gasteiger partial charge in [-0.1, -0.05) is 0 Å². The first-order chi connectivity index (χ1) is 8.90. The molecule has 1 aromatic rings. The minimum absolute atomic E-state index is 0.0127. The van der Waals surface area contributed by atoms with Gasteiger partial charge < -0.3 is 20.3 Å². The molecular formula is C11H14N2O6. The Bertz CT molecular complexity index is 502. The average Bonchev–Trinajstić information content (AvgIpc) is 2.37. The Morgan fingerprint density at radius 1 is 1.53 bits per heavy atom. The maximum absolute atomic E-state index is 10.9. The maximum atomic E-state index is 10.9. The topological polar surface area (TPSA) is 125 Å². The summed E-state index contributed by atoms with van der Waals surface area (Å²) in [7, 11) is 1.35. The van der Waals surface area contributed by atoms with Gasteiger partial charge in [0.05, 0.1) is 18.1 Å². The molecule has 0 spiro atoms. The van der Waals surface area contributed by atoms with Gasteiger partial charge in [-0.15, -0.1) is 0 Å². The lowest BCUT2D eigenvalue weighted by Gasteiger charge is -2.14. The summed E-state index contributed by atoms with van der Waals surface area (Å²) in [5.41, 5.74) is 5.45. The molecule has 8 heteroatoms. The number of rotatable bonds is 6. The van der Waals surface area contributed by atoms with Crippen molar-refractivity contribution in [2.75, 3.05) is 7.11 Å². The number of nitro benzene ring substituents is 1. The number of carboxylic acid groups (broad SMARTS) is 1. The van der Waals surface area contributed by atoms with Crippen molar-refractivity contribution < 1.29 is 24.3 Å². The van der Waals surface area contributed by atoms with E-state index in [0.717, 1.165) is 6.07 Å². The standard InChI is InChI=1S/C11H14N2O6/c1-6(11(14)15)19-10-4-8(13(16)17)7(5-12)3-9(10)18-2/h3-4,6H,5,12H2,1-2H3,(H,14,15). The zero-order chi connectivity index (χ0) is 14.6. The number of methoxy groups -OCH3 is 1. The number of hydrogen-bond acceptors (Lipinski definition) is 6. The van der Waals surface area contributed by atoms with Crippen molar-refractivity contribution in [2.45, 2.75) is 19.6 Å². The lowest BCUT2D eigenvalue weighted by atomic mass is 10.1. The second kappa shape index (κ2) is 6.01. The van der Waals surface area contributed by atoms with Gasteiger partial charge in [-0.3, -0.25) is 10.1 Å². The number of carboxylic acids is 1. The van der Waals surface area contributed by atoms with Gasteiger partial charge in [-0.2, -0.15) is 0 Å². The number of nitro groups is 1. The van der Waals surface area contributed by atoms with Crippen molar-refractivity contribution in [1.82, 2.24) is 0 Å². The summed E-state index contributed by atoms with van der Waals surface area (Å²) in [5, 5.41) is 19.7. The predicted octanol–water partition coefficient (Wildman–Crippen LogP) is 0.914. The van der Waals surface area contributed by atoms with Crippen LogP contribution in [0.3, 0.4) is 0 Å². The summed E-state index contributed by atoms with van der Waals surface area (Å²) >= 11 is 0. The molecule has 0 heterocycles. The molecular weight excluding hydrogens is 256 g/mol. The van der Waals surface area contributed by atoms with E-state index < -0.39 is 17.0 Å². The van der Waals surface area contributed by atoms with Crippen molar-refractivity contribution in [2.24, 2.45) is 5.73 Å². The number of ether oxygens (including phenoxy) is 2. The van der Waals surface area contributed by atoms with Crippen molar-refractivity contribution in [3.05, 3.63) is 27.8 Å². The van der Waals surface area contributed by atoms with Crippen LogP contribution in [0.25, 0.3) is 0 Å². The first kappa shape index (κ1) is 14.7. The zero-order valence-corrected chi connectivity index (χ0v) is 10.5. The molecule has 0 saturated carbocycles. The van der Waals surface area contributed by atoms with Gasteiger partial charge in [-0.05, 0) is 13.0 Å². The molecule has 0 aliphatic rings. The predicted molar refractivity (Wildman–Crippen MR) is 65.3 cm³/mol. The fourth-order valence-electron chi connectivity index (χ4n) is 1.42. The molecule has 104 valence electrons. The molecule has 0 bridgehead atoms. The van der Waals surface area contributed by atoms with E-state index in [2.05, 4.69) is 0 Å². The van der Waals surface area contributed by atoms with Gasteiger partial charge in [0.1, 0.15) is 0 Å². The molecule has 8 nitrogen and oxygen atoms in total. The summed E-state index contributed by atoms with van der Waals surface area (Å²) in [5.74, 6) is -1.01. The van der Waals surface area contributed by atoms with Gasteiger partial charge in [0, 0.05) is 12.1 Å². The van der Waals surface area contributed by atoms with Crippen molar-refractivity contribution in [1.29, 1.82) is 0 Å². The minimum atomic E-state index is -1.19. The summed E-state index contributed by atoms with van der Waals surface area (Å²) < 4.78 is 10.1. The van der Waals surface area contributed by atoms with Crippen LogP contribution >= 0.6 is 0 Å². The van der Waals surface area contributed by atoms with Crippen LogP contribution in [0.1, 0.15) is 12.5 Å². The van der Waals surface area contributed by atoms with Crippen LogP contribution in [-0.2, 0) is 11.3 Å². The Morgan fingerprint density at radius 3 is 2.58 bits per heavy atom. The number of aliphatic carboxylic acids is 1. The van der Waals surface area contributed by atoms with Crippen LogP contribution in [0.4, 0.5) is 5.69 Å². The van der Waals surface area contributed by atoms with Crippen molar-refractivity contribution in [3.8, 4) is 11.5 Å². The monoisotopic (exact) mass is 270 g/mol. The Morgan fingerprint density at radius 2 is 2.16 bits per heavy atom. The molecule has 0 aliphatic carbocycles. The minimum Gasteiger partial charge on any atom is -0.493 e. The second-order valence-electron chi connectivity index (χ2n) is 3.69. The molecule has 0 amide bonds. The third-order valence-electron chi connectivity index (χ3n) is 2.43. The quantitative estimate of drug-likeness (QED) is 0.581. The van der Waals surface area contributed by atoms with Crippen molar-refractivity contribution >= 4 is 11.7 Å². The van der Waals surface area contributed by atoms with Crippen LogP contribution in [0, 0.1) is 10.1 Å². The summed E-state index contributed by atoms with van der Waals surface area (Å²) in [6, 6.07) is 2.47. The first-order valence-electron chi connectivity index (χ1n) is 5.35. The lowest BCUT2D eigenvalue weighted by molar-refractivity contribution is -0.385. The van der Waals surface area contributed by atoms with E-state index in [1.54, 1.807) is 0 Å². The smallest absolute Gasteiger partial charge is 0.344 e. The molecule has 1 atom stereocenters. The largest absolute Gasteiger partial charge is 0.493 e. The van der Waals surface area contributed by atoms with Gasteiger partial charge in [0.25, 0.3) is 5.69 Å². The fourth-order valence-corrected chi connectivity index (χ4v) is 1.42. The van der Waals surface area contributed by atoms with E-state index in [1.165, 1.54) is 20.1 Å². The number of hydrogen-bond donors (Lipinski definition) is 2. The van der Waals surface area contributed by atoms with Crippen molar-refractivity contribution in [3.63, 3.8) is 0 Å². The molecule has 19 heavy (non-hydrogen) atoms. The molecule has 0 aromatic heterocycles. The third-order valence-corrected chi connectivity index (χ3v) is 2.43. The zero-order valence-electron chi connectivity index (χ0n) is 10.5. The van der Waals surface area contributed by atoms with E-state index in [4.69, 9.17) is 20.3 Å². The maximum Gasteiger partial charge on any atom is 0.344 e. The van der Waals surface area contributed by atoms with Gasteiger partial charge in [0.2, 0.25) is 0 Å². The highest BCUT2D eigenvalue weighted by Gasteiger charge is 2.22. The molecule has 0 radical (unpaired) electrons. The van der Waals surface area contributed by atoms with Crippen LogP contribution in [0.15, 0.2) is 12.1 Å². The third kappa shape index (κ3) is 3.32. The molecule has 1 rings (SSSR count). The highest BCUT2D eigenvalue weighted by atomic mass is 16.6. The highest BCUT2D eigenvalue weighted by molar-refractivity contribution is 5.72. The Balaban J connectivity index is 3.25. The summed E-state index contributed by atoms with van der Waals surface area (Å²) in [6.07, 6.45) is -1.16. The number of nitrogens with two attached hydrogens (primary N) is 1. The van der Waals surface area contributed by atoms with E-state index in [-0.39, 0.29) is 29.3 Å². The van der Waals surface area contributed by atoms with Crippen LogP contribution in [0.2, 0.25) is 0 Å². The fraction of sp³-hybridized carbons (Fsp3) is 0.364. The number of carbonyl (C=O) groups is 1. The Hall–Kier alpha value is -2.35. The van der Waals surface area contributed by atoms with Crippen LogP contribution in [-0.4, -0.2) is 29.2 Å². The molecule has 0 aliphatic heterocycles. The highest BCUT2D eigenvalue weighted by Crippen LogP contribution is 2.35. The molecule has 1 unspecified atom stereocenters. The van der Waals surface area contributed by atoms with Crippen LogP contribution in [0.5, 0.6) is 11.5 Å². The molecule has 0 saturated heterocycles. The molecule has 1 aromatic carbocycles. The summed E-state index contributed by atoms with van der Waals surface area (Å²) in [6.45, 7) is 1.27. The van der Waals surface area contributed by atoms with E-state index in [9.17, 15) is 14.9 Å². The Labute approximate surface area is 108 Å².